The van der Waals surface area contributed by atoms with Crippen molar-refractivity contribution in [2.24, 2.45) is 5.92 Å². The number of carboxylic acid groups (broad SMARTS) is 1. The van der Waals surface area contributed by atoms with Crippen LogP contribution in [0.1, 0.15) is 43.0 Å². The molecule has 0 bridgehead atoms. The number of nitro groups is 1. The molecular weight excluding hydrogens is 272 g/mol. The highest BCUT2D eigenvalue weighted by Crippen LogP contribution is 2.36. The average molecular weight is 292 g/mol. The standard InChI is InChI=1S/C15H20N2O4/c1-10-6-8-11(9-7-10)16(2)14-12(15(18)19)4-3-5-13(14)17(20)21/h3-5,10-11H,6-9H2,1-2H3,(H,18,19). The van der Waals surface area contributed by atoms with Gasteiger partial charge in [-0.15, -0.1) is 0 Å². The summed E-state index contributed by atoms with van der Waals surface area (Å²) in [5, 5.41) is 20.5. The Balaban J connectivity index is 2.40. The topological polar surface area (TPSA) is 83.7 Å². The van der Waals surface area contributed by atoms with Crippen LogP contribution in [-0.4, -0.2) is 29.1 Å². The molecule has 1 aromatic carbocycles. The molecule has 0 aliphatic heterocycles. The van der Waals surface area contributed by atoms with Crippen LogP contribution in [0.25, 0.3) is 0 Å². The Kier molecular flexibility index (Phi) is 4.45. The minimum Gasteiger partial charge on any atom is -0.478 e. The Morgan fingerprint density at radius 3 is 2.48 bits per heavy atom. The summed E-state index contributed by atoms with van der Waals surface area (Å²) in [6.07, 6.45) is 4.00. The lowest BCUT2D eigenvalue weighted by atomic mass is 9.86. The van der Waals surface area contributed by atoms with Crippen molar-refractivity contribution in [3.8, 4) is 0 Å². The smallest absolute Gasteiger partial charge is 0.338 e. The molecule has 0 aromatic heterocycles. The van der Waals surface area contributed by atoms with E-state index in [0.717, 1.165) is 25.7 Å². The van der Waals surface area contributed by atoms with Gasteiger partial charge in [0, 0.05) is 19.2 Å². The highest BCUT2D eigenvalue weighted by molar-refractivity contribution is 5.97. The van der Waals surface area contributed by atoms with Crippen molar-refractivity contribution in [2.45, 2.75) is 38.6 Å². The second-order valence-electron chi connectivity index (χ2n) is 5.76. The van der Waals surface area contributed by atoms with Crippen molar-refractivity contribution in [1.82, 2.24) is 0 Å². The van der Waals surface area contributed by atoms with Gasteiger partial charge in [-0.3, -0.25) is 10.1 Å². The lowest BCUT2D eigenvalue weighted by Gasteiger charge is -2.35. The van der Waals surface area contributed by atoms with E-state index in [1.54, 1.807) is 11.9 Å². The lowest BCUT2D eigenvalue weighted by molar-refractivity contribution is -0.384. The summed E-state index contributed by atoms with van der Waals surface area (Å²) in [6, 6.07) is 4.36. The summed E-state index contributed by atoms with van der Waals surface area (Å²) in [5.74, 6) is -0.468. The highest BCUT2D eigenvalue weighted by Gasteiger charge is 2.30. The number of nitro benzene ring substituents is 1. The van der Waals surface area contributed by atoms with E-state index in [2.05, 4.69) is 6.92 Å². The van der Waals surface area contributed by atoms with Gasteiger partial charge in [-0.1, -0.05) is 13.0 Å². The summed E-state index contributed by atoms with van der Waals surface area (Å²) >= 11 is 0. The summed E-state index contributed by atoms with van der Waals surface area (Å²) < 4.78 is 0. The van der Waals surface area contributed by atoms with Gasteiger partial charge in [0.2, 0.25) is 0 Å². The summed E-state index contributed by atoms with van der Waals surface area (Å²) in [5.41, 5.74) is 0.0656. The molecule has 1 fully saturated rings. The van der Waals surface area contributed by atoms with E-state index in [1.165, 1.54) is 18.2 Å². The molecule has 6 heteroatoms. The van der Waals surface area contributed by atoms with Gasteiger partial charge in [-0.05, 0) is 37.7 Å². The minimum absolute atomic E-state index is 0.00896. The molecule has 1 aliphatic rings. The largest absolute Gasteiger partial charge is 0.478 e. The summed E-state index contributed by atoms with van der Waals surface area (Å²) in [6.45, 7) is 2.20. The zero-order valence-corrected chi connectivity index (χ0v) is 12.3. The molecule has 114 valence electrons. The van der Waals surface area contributed by atoms with Crippen molar-refractivity contribution >= 4 is 17.3 Å². The van der Waals surface area contributed by atoms with Crippen LogP contribution in [0.15, 0.2) is 18.2 Å². The molecule has 0 amide bonds. The van der Waals surface area contributed by atoms with E-state index in [-0.39, 0.29) is 23.0 Å². The Labute approximate surface area is 123 Å². The molecule has 0 heterocycles. The molecule has 1 saturated carbocycles. The normalized spacial score (nSPS) is 21.8. The van der Waals surface area contributed by atoms with Gasteiger partial charge < -0.3 is 10.0 Å². The number of hydrogen-bond acceptors (Lipinski definition) is 4. The number of nitrogens with zero attached hydrogens (tertiary/aromatic N) is 2. The number of carboxylic acids is 1. The van der Waals surface area contributed by atoms with Gasteiger partial charge in [-0.2, -0.15) is 0 Å². The van der Waals surface area contributed by atoms with E-state index in [4.69, 9.17) is 0 Å². The van der Waals surface area contributed by atoms with Gasteiger partial charge >= 0.3 is 5.97 Å². The molecule has 0 atom stereocenters. The predicted molar refractivity (Wildman–Crippen MR) is 79.9 cm³/mol. The number of aromatic carboxylic acids is 1. The van der Waals surface area contributed by atoms with E-state index in [1.807, 2.05) is 0 Å². The first-order chi connectivity index (χ1) is 9.91. The molecular formula is C15H20N2O4. The highest BCUT2D eigenvalue weighted by atomic mass is 16.6. The molecule has 1 aliphatic carbocycles. The van der Waals surface area contributed by atoms with E-state index < -0.39 is 10.9 Å². The van der Waals surface area contributed by atoms with E-state index in [9.17, 15) is 20.0 Å². The minimum atomic E-state index is -1.13. The van der Waals surface area contributed by atoms with Crippen molar-refractivity contribution < 1.29 is 14.8 Å². The molecule has 0 unspecified atom stereocenters. The second-order valence-corrected chi connectivity index (χ2v) is 5.76. The molecule has 6 nitrogen and oxygen atoms in total. The van der Waals surface area contributed by atoms with Gasteiger partial charge in [0.25, 0.3) is 5.69 Å². The Morgan fingerprint density at radius 2 is 1.95 bits per heavy atom. The van der Waals surface area contributed by atoms with Gasteiger partial charge in [0.05, 0.1) is 10.5 Å². The van der Waals surface area contributed by atoms with Crippen LogP contribution in [0.4, 0.5) is 11.4 Å². The number of para-hydroxylation sites is 1. The quantitative estimate of drug-likeness (QED) is 0.680. The Hall–Kier alpha value is -2.11. The van der Waals surface area contributed by atoms with Crippen LogP contribution in [0, 0.1) is 16.0 Å². The third-order valence-electron chi connectivity index (χ3n) is 4.33. The van der Waals surface area contributed by atoms with Crippen molar-refractivity contribution in [2.75, 3.05) is 11.9 Å². The van der Waals surface area contributed by atoms with Crippen LogP contribution in [0.5, 0.6) is 0 Å². The summed E-state index contributed by atoms with van der Waals surface area (Å²) in [7, 11) is 1.76. The predicted octanol–water partition coefficient (Wildman–Crippen LogP) is 3.31. The molecule has 2 rings (SSSR count). The second kappa shape index (κ2) is 6.11. The van der Waals surface area contributed by atoms with Crippen LogP contribution < -0.4 is 4.90 Å². The first kappa shape index (κ1) is 15.3. The first-order valence-corrected chi connectivity index (χ1v) is 7.15. The molecule has 1 N–H and O–H groups in total. The Morgan fingerprint density at radius 1 is 1.33 bits per heavy atom. The SMILES string of the molecule is CC1CCC(N(C)c2c(C(=O)O)cccc2[N+](=O)[O-])CC1. The van der Waals surface area contributed by atoms with Crippen LogP contribution in [0.3, 0.4) is 0 Å². The number of rotatable bonds is 4. The zero-order chi connectivity index (χ0) is 15.6. The fourth-order valence-electron chi connectivity index (χ4n) is 3.03. The van der Waals surface area contributed by atoms with Crippen LogP contribution >= 0.6 is 0 Å². The van der Waals surface area contributed by atoms with Gasteiger partial charge in [0.15, 0.2) is 0 Å². The fraction of sp³-hybridized carbons (Fsp3) is 0.533. The van der Waals surface area contributed by atoms with Crippen molar-refractivity contribution in [3.63, 3.8) is 0 Å². The number of benzene rings is 1. The van der Waals surface area contributed by atoms with Crippen molar-refractivity contribution in [1.29, 1.82) is 0 Å². The zero-order valence-electron chi connectivity index (χ0n) is 12.3. The Bertz CT molecular complexity index is 518. The molecule has 1 aromatic rings. The third kappa shape index (κ3) is 3.15. The average Bonchev–Trinajstić information content (AvgIpc) is 2.46. The fourth-order valence-corrected chi connectivity index (χ4v) is 3.03. The molecule has 0 saturated heterocycles. The molecule has 0 spiro atoms. The maximum absolute atomic E-state index is 11.4. The monoisotopic (exact) mass is 292 g/mol. The molecule has 0 radical (unpaired) electrons. The van der Waals surface area contributed by atoms with Gasteiger partial charge in [0.1, 0.15) is 5.69 Å². The van der Waals surface area contributed by atoms with Crippen LogP contribution in [0.2, 0.25) is 0 Å². The number of carbonyl (C=O) groups is 1. The van der Waals surface area contributed by atoms with Gasteiger partial charge in [-0.25, -0.2) is 4.79 Å². The third-order valence-corrected chi connectivity index (χ3v) is 4.33. The first-order valence-electron chi connectivity index (χ1n) is 7.15. The maximum atomic E-state index is 11.4. The number of anilines is 1. The number of hydrogen-bond donors (Lipinski definition) is 1. The van der Waals surface area contributed by atoms with Crippen LogP contribution in [-0.2, 0) is 0 Å². The lowest BCUT2D eigenvalue weighted by Crippen LogP contribution is -2.36. The molecule has 21 heavy (non-hydrogen) atoms. The summed E-state index contributed by atoms with van der Waals surface area (Å²) in [4.78, 5) is 23.9. The maximum Gasteiger partial charge on any atom is 0.338 e. The van der Waals surface area contributed by atoms with E-state index >= 15 is 0 Å². The van der Waals surface area contributed by atoms with Crippen molar-refractivity contribution in [3.05, 3.63) is 33.9 Å². The van der Waals surface area contributed by atoms with E-state index in [0.29, 0.717) is 5.92 Å².